The molecule has 1 aliphatic heterocycles. The number of amides is 3. The van der Waals surface area contributed by atoms with Gasteiger partial charge in [-0.15, -0.1) is 0 Å². The number of ether oxygens (including phenoxy) is 1. The second-order valence-electron chi connectivity index (χ2n) is 9.08. The zero-order chi connectivity index (χ0) is 22.2. The molecule has 5 atom stereocenters. The Morgan fingerprint density at radius 2 is 1.62 bits per heavy atom. The van der Waals surface area contributed by atoms with Crippen LogP contribution < -0.4 is 10.1 Å². The SMILES string of the molecule is CCOc1ccc(NC(=O)[C@H](Cc2ccccc2)N2C(=O)[C@H]3[C@H]4CC[C@@H](C4)[C@@H]3C2=O)cc1. The molecule has 2 aliphatic carbocycles. The van der Waals surface area contributed by atoms with Crippen LogP contribution in [0.25, 0.3) is 0 Å². The van der Waals surface area contributed by atoms with Crippen LogP contribution in [0.15, 0.2) is 54.6 Å². The molecule has 3 aliphatic rings. The zero-order valence-corrected chi connectivity index (χ0v) is 18.2. The van der Waals surface area contributed by atoms with E-state index in [1.165, 1.54) is 4.90 Å². The summed E-state index contributed by atoms with van der Waals surface area (Å²) in [5, 5.41) is 2.91. The molecule has 6 nitrogen and oxygen atoms in total. The molecular formula is C26H28N2O4. The van der Waals surface area contributed by atoms with Crippen LogP contribution in [0.5, 0.6) is 5.75 Å². The molecule has 0 aromatic heterocycles. The first-order chi connectivity index (χ1) is 15.6. The highest BCUT2D eigenvalue weighted by atomic mass is 16.5. The van der Waals surface area contributed by atoms with Crippen molar-refractivity contribution in [2.45, 2.75) is 38.6 Å². The number of likely N-dealkylation sites (tertiary alicyclic amines) is 1. The van der Waals surface area contributed by atoms with E-state index < -0.39 is 6.04 Å². The largest absolute Gasteiger partial charge is 0.494 e. The number of imide groups is 1. The standard InChI is InChI=1S/C26H28N2O4/c1-2-32-20-12-10-19(11-13-20)27-24(29)21(14-16-6-4-3-5-7-16)28-25(30)22-17-8-9-18(15-17)23(22)26(28)31/h3-7,10-13,17-18,21-23H,2,8-9,14-15H2,1H3,(H,27,29)/t17-,18-,21-,22-,23-/m0/s1. The molecule has 1 heterocycles. The molecule has 1 saturated heterocycles. The Balaban J connectivity index is 1.41. The summed E-state index contributed by atoms with van der Waals surface area (Å²) in [6.45, 7) is 2.48. The molecule has 2 saturated carbocycles. The predicted molar refractivity (Wildman–Crippen MR) is 120 cm³/mol. The average Bonchev–Trinajstić information content (AvgIpc) is 3.48. The van der Waals surface area contributed by atoms with Gasteiger partial charge in [0.2, 0.25) is 17.7 Å². The van der Waals surface area contributed by atoms with Gasteiger partial charge in [0.1, 0.15) is 11.8 Å². The van der Waals surface area contributed by atoms with E-state index in [0.29, 0.717) is 18.7 Å². The molecule has 0 spiro atoms. The Bertz CT molecular complexity index is 992. The number of benzene rings is 2. The first-order valence-electron chi connectivity index (χ1n) is 11.5. The maximum Gasteiger partial charge on any atom is 0.248 e. The van der Waals surface area contributed by atoms with Crippen molar-refractivity contribution in [1.29, 1.82) is 0 Å². The van der Waals surface area contributed by atoms with Gasteiger partial charge in [0, 0.05) is 12.1 Å². The minimum absolute atomic E-state index is 0.157. The summed E-state index contributed by atoms with van der Waals surface area (Å²) in [5.41, 5.74) is 1.52. The first kappa shape index (κ1) is 20.7. The lowest BCUT2D eigenvalue weighted by Gasteiger charge is -2.27. The molecule has 0 unspecified atom stereocenters. The Hall–Kier alpha value is -3.15. The molecule has 3 amide bonds. The van der Waals surface area contributed by atoms with Gasteiger partial charge in [-0.05, 0) is 67.9 Å². The maximum atomic E-state index is 13.4. The Kier molecular flexibility index (Phi) is 5.45. The van der Waals surface area contributed by atoms with Crippen molar-refractivity contribution in [3.8, 4) is 5.75 Å². The summed E-state index contributed by atoms with van der Waals surface area (Å²) < 4.78 is 5.46. The van der Waals surface area contributed by atoms with Gasteiger partial charge in [-0.3, -0.25) is 19.3 Å². The molecule has 3 fully saturated rings. The average molecular weight is 433 g/mol. The van der Waals surface area contributed by atoms with Crippen molar-refractivity contribution in [3.63, 3.8) is 0 Å². The Morgan fingerprint density at radius 1 is 1.00 bits per heavy atom. The van der Waals surface area contributed by atoms with Gasteiger partial charge in [0.05, 0.1) is 18.4 Å². The fourth-order valence-electron chi connectivity index (χ4n) is 5.90. The summed E-state index contributed by atoms with van der Waals surface area (Å²) in [4.78, 5) is 41.5. The summed E-state index contributed by atoms with van der Waals surface area (Å²) in [6, 6.07) is 15.8. The van der Waals surface area contributed by atoms with Gasteiger partial charge in [-0.2, -0.15) is 0 Å². The van der Waals surface area contributed by atoms with Crippen LogP contribution in [0.4, 0.5) is 5.69 Å². The van der Waals surface area contributed by atoms with Gasteiger partial charge in [0.25, 0.3) is 0 Å². The number of fused-ring (bicyclic) bond motifs is 5. The molecule has 166 valence electrons. The minimum Gasteiger partial charge on any atom is -0.494 e. The minimum atomic E-state index is -0.867. The number of carbonyl (C=O) groups excluding carboxylic acids is 3. The highest BCUT2D eigenvalue weighted by Crippen LogP contribution is 2.56. The molecule has 1 N–H and O–H groups in total. The number of carbonyl (C=O) groups is 3. The number of nitrogens with one attached hydrogen (secondary N) is 1. The normalized spacial score (nSPS) is 26.8. The third-order valence-corrected chi connectivity index (χ3v) is 7.28. The molecule has 2 aromatic rings. The molecular weight excluding hydrogens is 404 g/mol. The van der Waals surface area contributed by atoms with Crippen molar-refractivity contribution < 1.29 is 19.1 Å². The van der Waals surface area contributed by atoms with Gasteiger partial charge in [0.15, 0.2) is 0 Å². The van der Waals surface area contributed by atoms with Crippen LogP contribution >= 0.6 is 0 Å². The molecule has 6 heteroatoms. The van der Waals surface area contributed by atoms with E-state index in [1.807, 2.05) is 37.3 Å². The quantitative estimate of drug-likeness (QED) is 0.678. The highest BCUT2D eigenvalue weighted by Gasteiger charge is 2.62. The Morgan fingerprint density at radius 3 is 2.22 bits per heavy atom. The van der Waals surface area contributed by atoms with E-state index >= 15 is 0 Å². The molecule has 2 bridgehead atoms. The first-order valence-corrected chi connectivity index (χ1v) is 11.5. The van der Waals surface area contributed by atoms with Gasteiger partial charge < -0.3 is 10.1 Å². The number of anilines is 1. The summed E-state index contributed by atoms with van der Waals surface area (Å²) in [5.74, 6) is 0.170. The van der Waals surface area contributed by atoms with E-state index in [1.54, 1.807) is 24.3 Å². The van der Waals surface area contributed by atoms with Crippen molar-refractivity contribution in [3.05, 3.63) is 60.2 Å². The van der Waals surface area contributed by atoms with E-state index in [0.717, 1.165) is 30.6 Å². The maximum absolute atomic E-state index is 13.4. The van der Waals surface area contributed by atoms with Crippen LogP contribution in [0, 0.1) is 23.7 Å². The van der Waals surface area contributed by atoms with E-state index in [4.69, 9.17) is 4.74 Å². The van der Waals surface area contributed by atoms with Gasteiger partial charge in [-0.1, -0.05) is 30.3 Å². The van der Waals surface area contributed by atoms with Crippen LogP contribution in [0.2, 0.25) is 0 Å². The fraction of sp³-hybridized carbons (Fsp3) is 0.423. The lowest BCUT2D eigenvalue weighted by atomic mass is 9.81. The summed E-state index contributed by atoms with van der Waals surface area (Å²) >= 11 is 0. The topological polar surface area (TPSA) is 75.7 Å². The van der Waals surface area contributed by atoms with E-state index in [-0.39, 0.29) is 41.4 Å². The van der Waals surface area contributed by atoms with Crippen molar-refractivity contribution >= 4 is 23.4 Å². The van der Waals surface area contributed by atoms with Crippen LogP contribution in [0.3, 0.4) is 0 Å². The smallest absolute Gasteiger partial charge is 0.248 e. The van der Waals surface area contributed by atoms with Crippen molar-refractivity contribution in [2.24, 2.45) is 23.7 Å². The number of rotatable bonds is 7. The number of hydrogen-bond acceptors (Lipinski definition) is 4. The lowest BCUT2D eigenvalue weighted by Crippen LogP contribution is -2.49. The molecule has 2 aromatic carbocycles. The monoisotopic (exact) mass is 432 g/mol. The predicted octanol–water partition coefficient (Wildman–Crippen LogP) is 3.67. The van der Waals surface area contributed by atoms with Crippen LogP contribution in [-0.4, -0.2) is 35.3 Å². The van der Waals surface area contributed by atoms with Crippen molar-refractivity contribution in [1.82, 2.24) is 4.90 Å². The van der Waals surface area contributed by atoms with E-state index in [2.05, 4.69) is 5.32 Å². The highest BCUT2D eigenvalue weighted by molar-refractivity contribution is 6.10. The van der Waals surface area contributed by atoms with E-state index in [9.17, 15) is 14.4 Å². The Labute approximate surface area is 187 Å². The number of hydrogen-bond donors (Lipinski definition) is 1. The molecule has 5 rings (SSSR count). The second kappa shape index (κ2) is 8.41. The van der Waals surface area contributed by atoms with Gasteiger partial charge >= 0.3 is 0 Å². The fourth-order valence-corrected chi connectivity index (χ4v) is 5.90. The summed E-state index contributed by atoms with van der Waals surface area (Å²) in [6.07, 6.45) is 3.30. The second-order valence-corrected chi connectivity index (χ2v) is 9.08. The number of nitrogens with zero attached hydrogens (tertiary/aromatic N) is 1. The zero-order valence-electron chi connectivity index (χ0n) is 18.2. The molecule has 32 heavy (non-hydrogen) atoms. The van der Waals surface area contributed by atoms with Gasteiger partial charge in [-0.25, -0.2) is 0 Å². The van der Waals surface area contributed by atoms with Crippen LogP contribution in [0.1, 0.15) is 31.7 Å². The van der Waals surface area contributed by atoms with Crippen molar-refractivity contribution in [2.75, 3.05) is 11.9 Å². The lowest BCUT2D eigenvalue weighted by molar-refractivity contribution is -0.147. The van der Waals surface area contributed by atoms with Crippen LogP contribution in [-0.2, 0) is 20.8 Å². The third kappa shape index (κ3) is 3.57. The summed E-state index contributed by atoms with van der Waals surface area (Å²) in [7, 11) is 0. The third-order valence-electron chi connectivity index (χ3n) is 7.28. The molecule has 0 radical (unpaired) electrons.